The highest BCUT2D eigenvalue weighted by atomic mass is 17.1. The normalized spacial score (nSPS) is 12.2. The lowest BCUT2D eigenvalue weighted by atomic mass is 10.0. The summed E-state index contributed by atoms with van der Waals surface area (Å²) >= 11 is 0. The van der Waals surface area contributed by atoms with Gasteiger partial charge in [0.25, 0.3) is 6.29 Å². The van der Waals surface area contributed by atoms with Gasteiger partial charge in [0.05, 0.1) is 0 Å². The van der Waals surface area contributed by atoms with Crippen molar-refractivity contribution in [1.82, 2.24) is 0 Å². The zero-order valence-corrected chi connectivity index (χ0v) is 8.01. The smallest absolute Gasteiger partial charge is 0.252 e. The molecule has 0 bridgehead atoms. The van der Waals surface area contributed by atoms with Crippen LogP contribution in [0.15, 0.2) is 24.3 Å². The minimum atomic E-state index is -1.97. The fourth-order valence-electron chi connectivity index (χ4n) is 1.19. The predicted molar refractivity (Wildman–Crippen MR) is 50.5 cm³/mol. The topological polar surface area (TPSA) is 83.8 Å². The number of hydrogen-bond acceptors (Lipinski definition) is 5. The number of aliphatic hydroxyl groups is 1. The van der Waals surface area contributed by atoms with E-state index >= 15 is 0 Å². The maximum atomic E-state index is 11.4. The minimum absolute atomic E-state index is 0.0200. The highest BCUT2D eigenvalue weighted by Gasteiger charge is 2.21. The maximum Gasteiger partial charge on any atom is 0.252 e. The van der Waals surface area contributed by atoms with Gasteiger partial charge in [-0.05, 0) is 6.92 Å². The molecule has 5 heteroatoms. The van der Waals surface area contributed by atoms with Crippen molar-refractivity contribution in [3.05, 3.63) is 35.4 Å². The Morgan fingerprint density at radius 2 is 1.80 bits per heavy atom. The molecule has 0 saturated carbocycles. The summed E-state index contributed by atoms with van der Waals surface area (Å²) in [6, 6.07) is 5.98. The van der Waals surface area contributed by atoms with Crippen LogP contribution in [0.25, 0.3) is 0 Å². The first kappa shape index (κ1) is 11.5. The molecule has 0 heterocycles. The molecule has 1 aromatic rings. The number of Topliss-reactive ketones (excluding diaryl/α,β-unsaturated/α-hetero) is 2. The van der Waals surface area contributed by atoms with Gasteiger partial charge in [-0.15, -0.1) is 0 Å². The second kappa shape index (κ2) is 4.79. The van der Waals surface area contributed by atoms with Crippen LogP contribution in [0.2, 0.25) is 0 Å². The van der Waals surface area contributed by atoms with E-state index in [2.05, 4.69) is 4.89 Å². The lowest BCUT2D eigenvalue weighted by Gasteiger charge is -2.08. The van der Waals surface area contributed by atoms with Crippen LogP contribution in [-0.4, -0.2) is 28.2 Å². The molecular weight excluding hydrogens is 200 g/mol. The van der Waals surface area contributed by atoms with Gasteiger partial charge < -0.3 is 5.11 Å². The van der Waals surface area contributed by atoms with E-state index in [4.69, 9.17) is 10.4 Å². The monoisotopic (exact) mass is 210 g/mol. The molecule has 0 radical (unpaired) electrons. The van der Waals surface area contributed by atoms with Crippen molar-refractivity contribution in [3.8, 4) is 0 Å². The number of rotatable bonds is 4. The molecule has 0 aliphatic carbocycles. The molecule has 15 heavy (non-hydrogen) atoms. The molecular formula is C10H10O5. The van der Waals surface area contributed by atoms with Gasteiger partial charge in [-0.2, -0.15) is 4.89 Å². The first-order valence-electron chi connectivity index (χ1n) is 4.20. The van der Waals surface area contributed by atoms with Gasteiger partial charge in [0.15, 0.2) is 5.78 Å². The van der Waals surface area contributed by atoms with Crippen LogP contribution in [-0.2, 0) is 4.89 Å². The average Bonchev–Trinajstić information content (AvgIpc) is 2.27. The molecule has 2 N–H and O–H groups in total. The Kier molecular flexibility index (Phi) is 3.68. The van der Waals surface area contributed by atoms with E-state index in [1.807, 2.05) is 0 Å². The molecule has 0 aliphatic heterocycles. The summed E-state index contributed by atoms with van der Waals surface area (Å²) in [5.74, 6) is -1.16. The van der Waals surface area contributed by atoms with Crippen LogP contribution in [0.5, 0.6) is 0 Å². The van der Waals surface area contributed by atoms with Crippen molar-refractivity contribution in [2.45, 2.75) is 13.2 Å². The van der Waals surface area contributed by atoms with Crippen molar-refractivity contribution in [1.29, 1.82) is 0 Å². The first-order valence-corrected chi connectivity index (χ1v) is 4.20. The van der Waals surface area contributed by atoms with Crippen molar-refractivity contribution in [3.63, 3.8) is 0 Å². The Bertz CT molecular complexity index is 385. The van der Waals surface area contributed by atoms with Crippen molar-refractivity contribution < 1.29 is 24.8 Å². The van der Waals surface area contributed by atoms with Crippen LogP contribution in [0.1, 0.15) is 27.6 Å². The van der Waals surface area contributed by atoms with E-state index in [0.29, 0.717) is 0 Å². The van der Waals surface area contributed by atoms with Crippen LogP contribution < -0.4 is 0 Å². The standard InChI is InChI=1S/C10H10O5/c1-6(11)7-4-2-3-5-8(7)9(12)10(13)15-14/h2-5,10,13-14H,1H3. The van der Waals surface area contributed by atoms with Crippen molar-refractivity contribution in [2.24, 2.45) is 0 Å². The number of benzene rings is 1. The highest BCUT2D eigenvalue weighted by Crippen LogP contribution is 2.12. The van der Waals surface area contributed by atoms with Gasteiger partial charge in [-0.1, -0.05) is 24.3 Å². The molecule has 0 aromatic heterocycles. The SMILES string of the molecule is CC(=O)c1ccccc1C(=O)C(O)OO. The fourth-order valence-corrected chi connectivity index (χ4v) is 1.19. The largest absolute Gasteiger partial charge is 0.360 e. The lowest BCUT2D eigenvalue weighted by Crippen LogP contribution is -2.24. The van der Waals surface area contributed by atoms with Crippen LogP contribution in [0.3, 0.4) is 0 Å². The van der Waals surface area contributed by atoms with Gasteiger partial charge in [0.1, 0.15) is 0 Å². The molecule has 0 saturated heterocycles. The van der Waals surface area contributed by atoms with Gasteiger partial charge in [0.2, 0.25) is 5.78 Å². The van der Waals surface area contributed by atoms with E-state index in [1.165, 1.54) is 19.1 Å². The molecule has 1 aromatic carbocycles. The Morgan fingerprint density at radius 3 is 2.27 bits per heavy atom. The summed E-state index contributed by atoms with van der Waals surface area (Å²) in [4.78, 5) is 26.1. The summed E-state index contributed by atoms with van der Waals surface area (Å²) in [7, 11) is 0. The van der Waals surface area contributed by atoms with Crippen LogP contribution in [0.4, 0.5) is 0 Å². The summed E-state index contributed by atoms with van der Waals surface area (Å²) < 4.78 is 0. The number of carbonyl (C=O) groups excluding carboxylic acids is 2. The number of ketones is 2. The van der Waals surface area contributed by atoms with Gasteiger partial charge in [-0.25, -0.2) is 5.26 Å². The average molecular weight is 210 g/mol. The van der Waals surface area contributed by atoms with E-state index in [0.717, 1.165) is 0 Å². The third kappa shape index (κ3) is 2.47. The lowest BCUT2D eigenvalue weighted by molar-refractivity contribution is -0.314. The summed E-state index contributed by atoms with van der Waals surface area (Å²) in [6.45, 7) is 1.30. The van der Waals surface area contributed by atoms with Gasteiger partial charge >= 0.3 is 0 Å². The molecule has 1 unspecified atom stereocenters. The molecule has 80 valence electrons. The third-order valence-electron chi connectivity index (χ3n) is 1.90. The third-order valence-corrected chi connectivity index (χ3v) is 1.90. The molecule has 0 aliphatic rings. The Balaban J connectivity index is 3.13. The molecule has 1 atom stereocenters. The van der Waals surface area contributed by atoms with Crippen molar-refractivity contribution in [2.75, 3.05) is 0 Å². The van der Waals surface area contributed by atoms with Gasteiger partial charge in [-0.3, -0.25) is 9.59 Å². The first-order chi connectivity index (χ1) is 7.07. The van der Waals surface area contributed by atoms with E-state index in [-0.39, 0.29) is 16.9 Å². The molecule has 5 nitrogen and oxygen atoms in total. The van der Waals surface area contributed by atoms with E-state index in [1.54, 1.807) is 12.1 Å². The summed E-state index contributed by atoms with van der Waals surface area (Å²) in [6.07, 6.45) is -1.97. The predicted octanol–water partition coefficient (Wildman–Crippen LogP) is 0.880. The summed E-state index contributed by atoms with van der Waals surface area (Å²) in [5, 5.41) is 17.1. The highest BCUT2D eigenvalue weighted by molar-refractivity contribution is 6.09. The Hall–Kier alpha value is -1.56. The Labute approximate surface area is 85.8 Å². The zero-order chi connectivity index (χ0) is 11.4. The van der Waals surface area contributed by atoms with Crippen LogP contribution in [0, 0.1) is 0 Å². The quantitative estimate of drug-likeness (QED) is 0.333. The second-order valence-electron chi connectivity index (χ2n) is 2.92. The summed E-state index contributed by atoms with van der Waals surface area (Å²) in [5.41, 5.74) is 0.199. The zero-order valence-electron chi connectivity index (χ0n) is 8.01. The minimum Gasteiger partial charge on any atom is -0.360 e. The fraction of sp³-hybridized carbons (Fsp3) is 0.200. The maximum absolute atomic E-state index is 11.4. The number of hydrogen-bond donors (Lipinski definition) is 2. The van der Waals surface area contributed by atoms with Crippen LogP contribution >= 0.6 is 0 Å². The molecule has 0 spiro atoms. The number of carbonyl (C=O) groups is 2. The molecule has 0 fully saturated rings. The second-order valence-corrected chi connectivity index (χ2v) is 2.92. The molecule has 1 rings (SSSR count). The van der Waals surface area contributed by atoms with Crippen molar-refractivity contribution >= 4 is 11.6 Å². The molecule has 0 amide bonds. The number of aliphatic hydroxyl groups excluding tert-OH is 1. The van der Waals surface area contributed by atoms with E-state index in [9.17, 15) is 9.59 Å². The van der Waals surface area contributed by atoms with Gasteiger partial charge in [0, 0.05) is 11.1 Å². The Morgan fingerprint density at radius 1 is 1.27 bits per heavy atom. The van der Waals surface area contributed by atoms with E-state index < -0.39 is 12.1 Å².